The van der Waals surface area contributed by atoms with Gasteiger partial charge in [0.2, 0.25) is 0 Å². The van der Waals surface area contributed by atoms with Gasteiger partial charge >= 0.3 is 0 Å². The lowest BCUT2D eigenvalue weighted by Gasteiger charge is -2.26. The molecule has 0 fully saturated rings. The average Bonchev–Trinajstić information content (AvgIpc) is 3.75. The fraction of sp³-hybridized carbons (Fsp3) is 0.0204. The topological polar surface area (TPSA) is 8.17 Å². The molecule has 3 heteroatoms. The van der Waals surface area contributed by atoms with E-state index in [0.717, 1.165) is 11.4 Å². The van der Waals surface area contributed by atoms with Crippen LogP contribution in [0.2, 0.25) is 0 Å². The summed E-state index contributed by atoms with van der Waals surface area (Å²) >= 11 is 1.87. The molecule has 0 saturated heterocycles. The molecule has 0 N–H and O–H groups in total. The van der Waals surface area contributed by atoms with Crippen LogP contribution in [0.1, 0.15) is 5.56 Å². The highest BCUT2D eigenvalue weighted by Crippen LogP contribution is 2.45. The Kier molecular flexibility index (Phi) is 7.26. The second kappa shape index (κ2) is 12.4. The van der Waals surface area contributed by atoms with Crippen molar-refractivity contribution in [3.63, 3.8) is 0 Å². The van der Waals surface area contributed by atoms with Gasteiger partial charge in [0.25, 0.3) is 0 Å². The van der Waals surface area contributed by atoms with Crippen molar-refractivity contribution in [2.24, 2.45) is 0 Å². The van der Waals surface area contributed by atoms with Crippen molar-refractivity contribution in [2.45, 2.75) is 6.92 Å². The molecule has 0 radical (unpaired) electrons. The van der Waals surface area contributed by atoms with E-state index in [1.54, 1.807) is 0 Å². The number of fused-ring (bicyclic) bond motifs is 6. The Bertz CT molecular complexity index is 2880. The van der Waals surface area contributed by atoms with E-state index in [9.17, 15) is 0 Å². The third-order valence-electron chi connectivity index (χ3n) is 10.3. The summed E-state index contributed by atoms with van der Waals surface area (Å²) in [6, 6.07) is 68.5. The number of hydrogen-bond donors (Lipinski definition) is 0. The van der Waals surface area contributed by atoms with E-state index in [1.165, 1.54) is 81.2 Å². The molecule has 0 spiro atoms. The quantitative estimate of drug-likeness (QED) is 0.169. The van der Waals surface area contributed by atoms with Gasteiger partial charge in [0.05, 0.1) is 21.4 Å². The van der Waals surface area contributed by atoms with E-state index < -0.39 is 0 Å². The number of aromatic nitrogens is 1. The number of hydrogen-bond acceptors (Lipinski definition) is 2. The van der Waals surface area contributed by atoms with E-state index in [4.69, 9.17) is 0 Å². The van der Waals surface area contributed by atoms with Crippen LogP contribution < -0.4 is 4.90 Å². The van der Waals surface area contributed by atoms with Crippen molar-refractivity contribution in [3.05, 3.63) is 194 Å². The lowest BCUT2D eigenvalue weighted by Crippen LogP contribution is -2.10. The monoisotopic (exact) mass is 682 g/mol. The van der Waals surface area contributed by atoms with Gasteiger partial charge in [0, 0.05) is 43.3 Å². The summed E-state index contributed by atoms with van der Waals surface area (Å²) in [5, 5.41) is 5.12. The molecule has 10 rings (SSSR count). The zero-order valence-electron chi connectivity index (χ0n) is 28.7. The molecular weight excluding hydrogens is 649 g/mol. The highest BCUT2D eigenvalue weighted by Gasteiger charge is 2.19. The summed E-state index contributed by atoms with van der Waals surface area (Å²) in [5.41, 5.74) is 13.1. The number of nitrogens with zero attached hydrogens (tertiary/aromatic N) is 2. The largest absolute Gasteiger partial charge is 0.309 e. The Hall–Kier alpha value is -6.42. The summed E-state index contributed by atoms with van der Waals surface area (Å²) in [6.45, 7) is 2.14. The first-order valence-corrected chi connectivity index (χ1v) is 18.6. The van der Waals surface area contributed by atoms with Crippen LogP contribution in [-0.4, -0.2) is 4.57 Å². The van der Waals surface area contributed by atoms with Crippen molar-refractivity contribution < 1.29 is 0 Å². The van der Waals surface area contributed by atoms with Crippen LogP contribution in [0, 0.1) is 6.92 Å². The molecule has 0 bridgehead atoms. The van der Waals surface area contributed by atoms with E-state index in [1.807, 2.05) is 11.3 Å². The molecule has 0 saturated carbocycles. The SMILES string of the molecule is Cc1ccc(-n2c3ccccc3c3cc(-c4ccc(N(c5ccc(-c6ccccc6)cc5)c5cccc6c5sc5ccccc56)cc4)ccc32)cc1. The van der Waals surface area contributed by atoms with Crippen LogP contribution in [0.3, 0.4) is 0 Å². The maximum absolute atomic E-state index is 2.41. The molecule has 2 heterocycles. The lowest BCUT2D eigenvalue weighted by molar-refractivity contribution is 1.17. The summed E-state index contributed by atoms with van der Waals surface area (Å²) in [6.07, 6.45) is 0. The van der Waals surface area contributed by atoms with E-state index in [-0.39, 0.29) is 0 Å². The minimum atomic E-state index is 1.12. The third kappa shape index (κ3) is 5.09. The maximum Gasteiger partial charge on any atom is 0.0640 e. The Morgan fingerprint density at radius 1 is 0.423 bits per heavy atom. The number of thiophene rings is 1. The second-order valence-electron chi connectivity index (χ2n) is 13.5. The molecule has 8 aromatic carbocycles. The number of aryl methyl sites for hydroxylation is 1. The molecule has 10 aromatic rings. The molecule has 0 atom stereocenters. The fourth-order valence-corrected chi connectivity index (χ4v) is 8.90. The molecule has 52 heavy (non-hydrogen) atoms. The first-order valence-electron chi connectivity index (χ1n) is 17.8. The van der Waals surface area contributed by atoms with Crippen molar-refractivity contribution in [2.75, 3.05) is 4.90 Å². The highest BCUT2D eigenvalue weighted by atomic mass is 32.1. The molecule has 246 valence electrons. The predicted molar refractivity (Wildman–Crippen MR) is 224 cm³/mol. The minimum absolute atomic E-state index is 1.12. The molecular formula is C49H34N2S. The molecule has 2 aromatic heterocycles. The normalized spacial score (nSPS) is 11.6. The zero-order valence-corrected chi connectivity index (χ0v) is 29.5. The van der Waals surface area contributed by atoms with Crippen LogP contribution in [0.15, 0.2) is 188 Å². The van der Waals surface area contributed by atoms with E-state index >= 15 is 0 Å². The first-order chi connectivity index (χ1) is 25.7. The summed E-state index contributed by atoms with van der Waals surface area (Å²) in [7, 11) is 0. The zero-order chi connectivity index (χ0) is 34.6. The lowest BCUT2D eigenvalue weighted by atomic mass is 10.0. The van der Waals surface area contributed by atoms with Gasteiger partial charge in [-0.05, 0) is 95.9 Å². The molecule has 0 aliphatic heterocycles. The van der Waals surface area contributed by atoms with Gasteiger partial charge in [0.15, 0.2) is 0 Å². The maximum atomic E-state index is 2.41. The number of rotatable bonds is 6. The van der Waals surface area contributed by atoms with Crippen LogP contribution in [-0.2, 0) is 0 Å². The number of anilines is 3. The Morgan fingerprint density at radius 3 is 1.75 bits per heavy atom. The van der Waals surface area contributed by atoms with Gasteiger partial charge < -0.3 is 9.47 Å². The summed E-state index contributed by atoms with van der Waals surface area (Å²) in [4.78, 5) is 2.41. The Balaban J connectivity index is 1.09. The first kappa shape index (κ1) is 30.4. The Morgan fingerprint density at radius 2 is 1.00 bits per heavy atom. The van der Waals surface area contributed by atoms with Crippen LogP contribution >= 0.6 is 11.3 Å². The Labute approximate surface area is 307 Å². The smallest absolute Gasteiger partial charge is 0.0640 e. The molecule has 2 nitrogen and oxygen atoms in total. The number of benzene rings is 8. The van der Waals surface area contributed by atoms with Crippen molar-refractivity contribution in [1.29, 1.82) is 0 Å². The standard InChI is InChI=1S/C49H34N2S/c1-33-18-25-40(26-19-33)51-45-15-7-5-12-41(45)44-32-37(24-31-46(44)51)36-22-29-39(30-23-36)50(38-27-20-35(21-28-38)34-10-3-2-4-11-34)47-16-9-14-43-42-13-6-8-17-48(42)52-49(43)47/h2-32H,1H3. The molecule has 0 unspecified atom stereocenters. The molecule has 0 aliphatic carbocycles. The van der Waals surface area contributed by atoms with Crippen molar-refractivity contribution in [3.8, 4) is 27.9 Å². The average molecular weight is 683 g/mol. The summed E-state index contributed by atoms with van der Waals surface area (Å²) < 4.78 is 4.97. The van der Waals surface area contributed by atoms with Crippen molar-refractivity contribution in [1.82, 2.24) is 4.57 Å². The van der Waals surface area contributed by atoms with Gasteiger partial charge in [-0.1, -0.05) is 127 Å². The highest BCUT2D eigenvalue weighted by molar-refractivity contribution is 7.26. The van der Waals surface area contributed by atoms with Gasteiger partial charge in [-0.15, -0.1) is 11.3 Å². The predicted octanol–water partition coefficient (Wildman–Crippen LogP) is 14.3. The van der Waals surface area contributed by atoms with Gasteiger partial charge in [0.1, 0.15) is 0 Å². The molecule has 0 amide bonds. The molecule has 0 aliphatic rings. The van der Waals surface area contributed by atoms with Gasteiger partial charge in [-0.3, -0.25) is 0 Å². The minimum Gasteiger partial charge on any atom is -0.309 e. The van der Waals surface area contributed by atoms with Gasteiger partial charge in [-0.2, -0.15) is 0 Å². The van der Waals surface area contributed by atoms with Crippen LogP contribution in [0.4, 0.5) is 17.1 Å². The van der Waals surface area contributed by atoms with Gasteiger partial charge in [-0.25, -0.2) is 0 Å². The third-order valence-corrected chi connectivity index (χ3v) is 11.5. The van der Waals surface area contributed by atoms with E-state index in [0.29, 0.717) is 0 Å². The number of para-hydroxylation sites is 1. The van der Waals surface area contributed by atoms with Crippen LogP contribution in [0.5, 0.6) is 0 Å². The second-order valence-corrected chi connectivity index (χ2v) is 14.5. The van der Waals surface area contributed by atoms with E-state index in [2.05, 4.69) is 204 Å². The fourth-order valence-electron chi connectivity index (χ4n) is 7.70. The van der Waals surface area contributed by atoms with Crippen molar-refractivity contribution >= 4 is 70.4 Å². The van der Waals surface area contributed by atoms with Crippen LogP contribution in [0.25, 0.3) is 69.9 Å². The summed E-state index contributed by atoms with van der Waals surface area (Å²) in [5.74, 6) is 0.